The van der Waals surface area contributed by atoms with Gasteiger partial charge in [0.15, 0.2) is 0 Å². The van der Waals surface area contributed by atoms with Gasteiger partial charge in [0.05, 0.1) is 0 Å². The molecule has 2 atom stereocenters. The predicted octanol–water partition coefficient (Wildman–Crippen LogP) is 0.410. The topological polar surface area (TPSA) is 34.1 Å². The van der Waals surface area contributed by atoms with Crippen LogP contribution in [0.2, 0.25) is 0 Å². The van der Waals surface area contributed by atoms with E-state index < -0.39 is 0 Å². The van der Waals surface area contributed by atoms with Crippen molar-refractivity contribution in [3.63, 3.8) is 0 Å². The molecule has 0 saturated heterocycles. The lowest BCUT2D eigenvalue weighted by Gasteiger charge is -2.25. The molecule has 44 valence electrons. The van der Waals surface area contributed by atoms with Crippen LogP contribution in [0.5, 0.6) is 0 Å². The predicted molar refractivity (Wildman–Crippen MR) is 28.3 cm³/mol. The van der Waals surface area contributed by atoms with Crippen LogP contribution >= 0.6 is 0 Å². The Morgan fingerprint density at radius 2 is 1.25 bits per heavy atom. The highest BCUT2D eigenvalue weighted by Gasteiger charge is 2.42. The van der Waals surface area contributed by atoms with Crippen molar-refractivity contribution in [2.45, 2.75) is 13.8 Å². The third kappa shape index (κ3) is 0.427. The van der Waals surface area contributed by atoms with Gasteiger partial charge in [0.25, 0.3) is 0 Å². The Balaban J connectivity index is 2.68. The molecule has 1 aliphatic rings. The molecule has 0 amide bonds. The van der Waals surface area contributed by atoms with Crippen LogP contribution < -0.4 is 0 Å². The summed E-state index contributed by atoms with van der Waals surface area (Å²) in [6.07, 6.45) is 0. The molecule has 0 aromatic rings. The van der Waals surface area contributed by atoms with E-state index >= 15 is 0 Å². The van der Waals surface area contributed by atoms with Gasteiger partial charge in [-0.05, 0) is 0 Å². The van der Waals surface area contributed by atoms with Crippen LogP contribution in [0.1, 0.15) is 13.8 Å². The van der Waals surface area contributed by atoms with Crippen molar-refractivity contribution >= 4 is 11.6 Å². The number of hydrogen-bond acceptors (Lipinski definition) is 2. The molecule has 2 heteroatoms. The Morgan fingerprint density at radius 1 is 1.00 bits per heavy atom. The summed E-state index contributed by atoms with van der Waals surface area (Å²) in [5.74, 6) is -0.417. The van der Waals surface area contributed by atoms with Gasteiger partial charge in [0.2, 0.25) is 11.6 Å². The number of ketones is 2. The van der Waals surface area contributed by atoms with Crippen molar-refractivity contribution < 1.29 is 9.59 Å². The van der Waals surface area contributed by atoms with Crippen molar-refractivity contribution in [1.29, 1.82) is 0 Å². The molecular weight excluding hydrogens is 104 g/mol. The van der Waals surface area contributed by atoms with E-state index in [-0.39, 0.29) is 23.4 Å². The maximum absolute atomic E-state index is 10.4. The van der Waals surface area contributed by atoms with Gasteiger partial charge in [-0.2, -0.15) is 0 Å². The van der Waals surface area contributed by atoms with Crippen LogP contribution in [0.3, 0.4) is 0 Å². The number of Topliss-reactive ketones (excluding diaryl/α,β-unsaturated/α-hetero) is 2. The molecule has 0 aromatic carbocycles. The normalized spacial score (nSPS) is 37.2. The van der Waals surface area contributed by atoms with Crippen molar-refractivity contribution in [2.24, 2.45) is 11.8 Å². The Labute approximate surface area is 47.9 Å². The molecule has 0 aromatic heterocycles. The molecule has 0 unspecified atom stereocenters. The van der Waals surface area contributed by atoms with E-state index in [1.807, 2.05) is 0 Å². The zero-order valence-electron chi connectivity index (χ0n) is 4.97. The van der Waals surface area contributed by atoms with E-state index in [1.54, 1.807) is 13.8 Å². The highest BCUT2D eigenvalue weighted by Crippen LogP contribution is 2.24. The Morgan fingerprint density at radius 3 is 1.38 bits per heavy atom. The highest BCUT2D eigenvalue weighted by atomic mass is 16.2. The lowest BCUT2D eigenvalue weighted by molar-refractivity contribution is -0.151. The minimum Gasteiger partial charge on any atom is -0.291 e. The Hall–Kier alpha value is -0.660. The second-order valence-corrected chi connectivity index (χ2v) is 2.31. The van der Waals surface area contributed by atoms with Crippen molar-refractivity contribution in [1.82, 2.24) is 0 Å². The fourth-order valence-electron chi connectivity index (χ4n) is 0.807. The molecule has 0 aliphatic heterocycles. The average molecular weight is 112 g/mol. The van der Waals surface area contributed by atoms with Crippen LogP contribution in [0.15, 0.2) is 0 Å². The first-order valence-corrected chi connectivity index (χ1v) is 2.72. The number of hydrogen-bond donors (Lipinski definition) is 0. The Kier molecular flexibility index (Phi) is 0.962. The van der Waals surface area contributed by atoms with Gasteiger partial charge in [-0.1, -0.05) is 13.8 Å². The molecule has 0 heterocycles. The lowest BCUT2D eigenvalue weighted by atomic mass is 9.74. The summed E-state index contributed by atoms with van der Waals surface area (Å²) >= 11 is 0. The maximum Gasteiger partial charge on any atom is 0.202 e. The summed E-state index contributed by atoms with van der Waals surface area (Å²) in [4.78, 5) is 20.8. The van der Waals surface area contributed by atoms with Gasteiger partial charge in [-0.15, -0.1) is 0 Å². The van der Waals surface area contributed by atoms with E-state index in [0.717, 1.165) is 0 Å². The van der Waals surface area contributed by atoms with Crippen molar-refractivity contribution in [2.75, 3.05) is 0 Å². The van der Waals surface area contributed by atoms with Crippen LogP contribution in [0.25, 0.3) is 0 Å². The third-order valence-electron chi connectivity index (χ3n) is 1.82. The largest absolute Gasteiger partial charge is 0.291 e. The second-order valence-electron chi connectivity index (χ2n) is 2.31. The summed E-state index contributed by atoms with van der Waals surface area (Å²) < 4.78 is 0. The summed E-state index contributed by atoms with van der Waals surface area (Å²) in [6.45, 7) is 3.57. The molecule has 8 heavy (non-hydrogen) atoms. The van der Waals surface area contributed by atoms with E-state index in [0.29, 0.717) is 0 Å². The smallest absolute Gasteiger partial charge is 0.202 e. The molecular formula is C6H8O2. The van der Waals surface area contributed by atoms with Crippen molar-refractivity contribution in [3.8, 4) is 0 Å². The minimum absolute atomic E-state index is 0.0116. The van der Waals surface area contributed by atoms with E-state index in [2.05, 4.69) is 0 Å². The minimum atomic E-state index is -0.197. The first-order valence-electron chi connectivity index (χ1n) is 2.72. The SMILES string of the molecule is C[C@H]1C(=O)C(=O)[C@@H]1C. The molecule has 1 rings (SSSR count). The fraction of sp³-hybridized carbons (Fsp3) is 0.667. The zero-order valence-corrected chi connectivity index (χ0v) is 4.97. The second kappa shape index (κ2) is 1.41. The molecule has 1 fully saturated rings. The lowest BCUT2D eigenvalue weighted by Crippen LogP contribution is -2.44. The maximum atomic E-state index is 10.4. The molecule has 0 radical (unpaired) electrons. The first kappa shape index (κ1) is 5.48. The number of carbonyl (C=O) groups excluding carboxylic acids is 2. The molecule has 1 saturated carbocycles. The van der Waals surface area contributed by atoms with E-state index in [1.165, 1.54) is 0 Å². The molecule has 0 bridgehead atoms. The van der Waals surface area contributed by atoms with Gasteiger partial charge < -0.3 is 0 Å². The molecule has 1 aliphatic carbocycles. The van der Waals surface area contributed by atoms with Crippen LogP contribution in [-0.4, -0.2) is 11.6 Å². The highest BCUT2D eigenvalue weighted by molar-refractivity contribution is 6.45. The zero-order chi connectivity index (χ0) is 6.31. The summed E-state index contributed by atoms with van der Waals surface area (Å²) in [5, 5.41) is 0. The first-order chi connectivity index (χ1) is 3.64. The monoisotopic (exact) mass is 112 g/mol. The third-order valence-corrected chi connectivity index (χ3v) is 1.82. The van der Waals surface area contributed by atoms with E-state index in [4.69, 9.17) is 0 Å². The number of carbonyl (C=O) groups is 2. The summed E-state index contributed by atoms with van der Waals surface area (Å²) in [7, 11) is 0. The fourth-order valence-corrected chi connectivity index (χ4v) is 0.807. The average Bonchev–Trinajstić information content (AvgIpc) is 1.83. The van der Waals surface area contributed by atoms with Crippen LogP contribution in [0, 0.1) is 11.8 Å². The summed E-state index contributed by atoms with van der Waals surface area (Å²) in [5.41, 5.74) is 0. The molecule has 0 spiro atoms. The van der Waals surface area contributed by atoms with Crippen molar-refractivity contribution in [3.05, 3.63) is 0 Å². The Bertz CT molecular complexity index is 131. The molecule has 0 N–H and O–H groups in total. The van der Waals surface area contributed by atoms with Gasteiger partial charge in [0, 0.05) is 11.8 Å². The quantitative estimate of drug-likeness (QED) is 0.425. The van der Waals surface area contributed by atoms with Gasteiger partial charge in [-0.25, -0.2) is 0 Å². The summed E-state index contributed by atoms with van der Waals surface area (Å²) in [6, 6.07) is 0. The van der Waals surface area contributed by atoms with Gasteiger partial charge in [-0.3, -0.25) is 9.59 Å². The van der Waals surface area contributed by atoms with E-state index in [9.17, 15) is 9.59 Å². The van der Waals surface area contributed by atoms with Crippen LogP contribution in [-0.2, 0) is 9.59 Å². The van der Waals surface area contributed by atoms with Gasteiger partial charge in [0.1, 0.15) is 0 Å². The number of rotatable bonds is 0. The van der Waals surface area contributed by atoms with Gasteiger partial charge >= 0.3 is 0 Å². The van der Waals surface area contributed by atoms with Crippen LogP contribution in [0.4, 0.5) is 0 Å². The standard InChI is InChI=1S/C6H8O2/c1-3-4(2)6(8)5(3)7/h3-4H,1-2H3/t3-,4-/m1/s1. The molecule has 2 nitrogen and oxygen atoms in total.